The Kier molecular flexibility index (Phi) is 2.09. The summed E-state index contributed by atoms with van der Waals surface area (Å²) in [6.45, 7) is 0.876. The maximum absolute atomic E-state index is 4.56. The predicted octanol–water partition coefficient (Wildman–Crippen LogP) is 1.68. The first-order valence-corrected chi connectivity index (χ1v) is 4.50. The monoisotopic (exact) mass is 162 g/mol. The van der Waals surface area contributed by atoms with Crippen molar-refractivity contribution in [3.05, 3.63) is 29.6 Å². The lowest BCUT2D eigenvalue weighted by Crippen LogP contribution is -2.07. The van der Waals surface area contributed by atoms with Gasteiger partial charge in [0.05, 0.1) is 5.69 Å². The highest BCUT2D eigenvalue weighted by Crippen LogP contribution is 2.38. The van der Waals surface area contributed by atoms with Gasteiger partial charge in [0.15, 0.2) is 0 Å². The van der Waals surface area contributed by atoms with Crippen LogP contribution in [0.2, 0.25) is 0 Å². The Bertz CT molecular complexity index is 266. The van der Waals surface area contributed by atoms with Crippen LogP contribution < -0.4 is 5.32 Å². The van der Waals surface area contributed by atoms with Crippen LogP contribution in [0.15, 0.2) is 18.2 Å². The zero-order valence-electron chi connectivity index (χ0n) is 7.38. The molecule has 2 nitrogen and oxygen atoms in total. The zero-order valence-corrected chi connectivity index (χ0v) is 7.38. The summed E-state index contributed by atoms with van der Waals surface area (Å²) in [5, 5.41) is 3.11. The van der Waals surface area contributed by atoms with Crippen LogP contribution in [0.4, 0.5) is 0 Å². The number of aromatic nitrogens is 1. The molecule has 1 fully saturated rings. The molecule has 0 radical (unpaired) electrons. The van der Waals surface area contributed by atoms with Gasteiger partial charge in [-0.25, -0.2) is 0 Å². The highest BCUT2D eigenvalue weighted by molar-refractivity contribution is 5.18. The highest BCUT2D eigenvalue weighted by Gasteiger charge is 2.24. The summed E-state index contributed by atoms with van der Waals surface area (Å²) in [7, 11) is 1.95. The Labute approximate surface area is 73.0 Å². The topological polar surface area (TPSA) is 24.9 Å². The quantitative estimate of drug-likeness (QED) is 0.731. The van der Waals surface area contributed by atoms with Crippen LogP contribution in [0, 0.1) is 0 Å². The van der Waals surface area contributed by atoms with E-state index < -0.39 is 0 Å². The zero-order chi connectivity index (χ0) is 8.39. The Morgan fingerprint density at radius 3 is 3.00 bits per heavy atom. The second-order valence-electron chi connectivity index (χ2n) is 3.36. The van der Waals surface area contributed by atoms with E-state index in [0.29, 0.717) is 0 Å². The Morgan fingerprint density at radius 2 is 2.33 bits per heavy atom. The van der Waals surface area contributed by atoms with Crippen molar-refractivity contribution < 1.29 is 0 Å². The number of nitrogens with one attached hydrogen (secondary N) is 1. The van der Waals surface area contributed by atoms with Crippen LogP contribution in [-0.2, 0) is 6.54 Å². The van der Waals surface area contributed by atoms with E-state index in [0.717, 1.165) is 18.2 Å². The predicted molar refractivity (Wildman–Crippen MR) is 49.0 cm³/mol. The number of nitrogens with zero attached hydrogens (tertiary/aromatic N) is 1. The van der Waals surface area contributed by atoms with Gasteiger partial charge in [-0.3, -0.25) is 4.98 Å². The van der Waals surface area contributed by atoms with Gasteiger partial charge in [-0.2, -0.15) is 0 Å². The van der Waals surface area contributed by atoms with Crippen LogP contribution in [-0.4, -0.2) is 12.0 Å². The molecule has 2 heteroatoms. The molecule has 64 valence electrons. The van der Waals surface area contributed by atoms with Gasteiger partial charge in [-0.15, -0.1) is 0 Å². The molecule has 0 aliphatic heterocycles. The Hall–Kier alpha value is -0.890. The van der Waals surface area contributed by atoms with Crippen molar-refractivity contribution in [2.45, 2.75) is 25.3 Å². The van der Waals surface area contributed by atoms with Crippen molar-refractivity contribution >= 4 is 0 Å². The van der Waals surface area contributed by atoms with E-state index in [1.165, 1.54) is 18.5 Å². The van der Waals surface area contributed by atoms with Gasteiger partial charge in [0.1, 0.15) is 0 Å². The fraction of sp³-hybridized carbons (Fsp3) is 0.500. The molecule has 0 saturated heterocycles. The summed E-state index contributed by atoms with van der Waals surface area (Å²) in [5.74, 6) is 0.766. The highest BCUT2D eigenvalue weighted by atomic mass is 14.9. The third kappa shape index (κ3) is 1.64. The van der Waals surface area contributed by atoms with Crippen LogP contribution >= 0.6 is 0 Å². The van der Waals surface area contributed by atoms with Crippen molar-refractivity contribution in [1.29, 1.82) is 0 Å². The van der Waals surface area contributed by atoms with Crippen LogP contribution in [0.1, 0.15) is 30.1 Å². The molecule has 1 aliphatic rings. The minimum atomic E-state index is 0.766. The maximum Gasteiger partial charge on any atom is 0.0545 e. The minimum absolute atomic E-state index is 0.766. The van der Waals surface area contributed by atoms with Crippen molar-refractivity contribution in [1.82, 2.24) is 10.3 Å². The fourth-order valence-electron chi connectivity index (χ4n) is 1.38. The molecule has 12 heavy (non-hydrogen) atoms. The first-order chi connectivity index (χ1) is 5.90. The van der Waals surface area contributed by atoms with Crippen molar-refractivity contribution in [3.8, 4) is 0 Å². The number of hydrogen-bond donors (Lipinski definition) is 1. The average Bonchev–Trinajstić information content (AvgIpc) is 2.88. The van der Waals surface area contributed by atoms with Crippen molar-refractivity contribution in [2.75, 3.05) is 7.05 Å². The largest absolute Gasteiger partial charge is 0.314 e. The van der Waals surface area contributed by atoms with E-state index in [9.17, 15) is 0 Å². The van der Waals surface area contributed by atoms with Crippen LogP contribution in [0.5, 0.6) is 0 Å². The SMILES string of the molecule is CNCc1cccc(C2CC2)n1. The number of hydrogen-bond acceptors (Lipinski definition) is 2. The van der Waals surface area contributed by atoms with E-state index in [-0.39, 0.29) is 0 Å². The summed E-state index contributed by atoms with van der Waals surface area (Å²) in [6, 6.07) is 6.31. The standard InChI is InChI=1S/C10H14N2/c1-11-7-9-3-2-4-10(12-9)8-5-6-8/h2-4,8,11H,5-7H2,1H3. The minimum Gasteiger partial charge on any atom is -0.314 e. The second-order valence-corrected chi connectivity index (χ2v) is 3.36. The molecule has 1 N–H and O–H groups in total. The molecule has 0 unspecified atom stereocenters. The summed E-state index contributed by atoms with van der Waals surface area (Å²) in [5.41, 5.74) is 2.43. The summed E-state index contributed by atoms with van der Waals surface area (Å²) < 4.78 is 0. The summed E-state index contributed by atoms with van der Waals surface area (Å²) >= 11 is 0. The molecule has 1 aromatic heterocycles. The number of pyridine rings is 1. The van der Waals surface area contributed by atoms with E-state index in [4.69, 9.17) is 0 Å². The first-order valence-electron chi connectivity index (χ1n) is 4.50. The van der Waals surface area contributed by atoms with Gasteiger partial charge in [-0.05, 0) is 32.0 Å². The molecule has 0 atom stereocenters. The van der Waals surface area contributed by atoms with E-state index in [1.54, 1.807) is 0 Å². The first kappa shape index (κ1) is 7.74. The summed E-state index contributed by atoms with van der Waals surface area (Å²) in [6.07, 6.45) is 2.66. The third-order valence-electron chi connectivity index (χ3n) is 2.18. The van der Waals surface area contributed by atoms with E-state index >= 15 is 0 Å². The fourth-order valence-corrected chi connectivity index (χ4v) is 1.38. The van der Waals surface area contributed by atoms with Gasteiger partial charge < -0.3 is 5.32 Å². The molecular formula is C10H14N2. The van der Waals surface area contributed by atoms with Crippen molar-refractivity contribution in [3.63, 3.8) is 0 Å². The van der Waals surface area contributed by atoms with Gasteiger partial charge in [0.25, 0.3) is 0 Å². The van der Waals surface area contributed by atoms with E-state index in [1.807, 2.05) is 7.05 Å². The molecule has 0 amide bonds. The second kappa shape index (κ2) is 3.23. The summed E-state index contributed by atoms with van der Waals surface area (Å²) in [4.78, 5) is 4.56. The molecule has 0 spiro atoms. The van der Waals surface area contributed by atoms with Crippen LogP contribution in [0.3, 0.4) is 0 Å². The van der Waals surface area contributed by atoms with Crippen molar-refractivity contribution in [2.24, 2.45) is 0 Å². The van der Waals surface area contributed by atoms with Gasteiger partial charge in [0.2, 0.25) is 0 Å². The molecule has 0 bridgehead atoms. The molecule has 1 heterocycles. The van der Waals surface area contributed by atoms with E-state index in [2.05, 4.69) is 28.5 Å². The normalized spacial score (nSPS) is 16.4. The Balaban J connectivity index is 2.15. The lowest BCUT2D eigenvalue weighted by Gasteiger charge is -2.01. The maximum atomic E-state index is 4.56. The molecule has 2 rings (SSSR count). The molecule has 1 saturated carbocycles. The molecule has 1 aromatic rings. The smallest absolute Gasteiger partial charge is 0.0545 e. The molecule has 1 aliphatic carbocycles. The van der Waals surface area contributed by atoms with Crippen LogP contribution in [0.25, 0.3) is 0 Å². The lowest BCUT2D eigenvalue weighted by molar-refractivity contribution is 0.781. The molecular weight excluding hydrogens is 148 g/mol. The van der Waals surface area contributed by atoms with Gasteiger partial charge >= 0.3 is 0 Å². The average molecular weight is 162 g/mol. The van der Waals surface area contributed by atoms with Gasteiger partial charge in [0, 0.05) is 18.2 Å². The Morgan fingerprint density at radius 1 is 1.50 bits per heavy atom. The number of rotatable bonds is 3. The lowest BCUT2D eigenvalue weighted by atomic mass is 10.2. The third-order valence-corrected chi connectivity index (χ3v) is 2.18. The van der Waals surface area contributed by atoms with Gasteiger partial charge in [-0.1, -0.05) is 6.07 Å². The molecule has 0 aromatic carbocycles.